The van der Waals surface area contributed by atoms with Crippen LogP contribution >= 0.6 is 0 Å². The van der Waals surface area contributed by atoms with Crippen molar-refractivity contribution in [2.45, 2.75) is 26.5 Å². The van der Waals surface area contributed by atoms with E-state index in [0.717, 1.165) is 0 Å². The molecule has 0 spiro atoms. The Labute approximate surface area is 157 Å². The van der Waals surface area contributed by atoms with Crippen molar-refractivity contribution < 1.29 is 23.8 Å². The van der Waals surface area contributed by atoms with Gasteiger partial charge in [-0.05, 0) is 24.3 Å². The summed E-state index contributed by atoms with van der Waals surface area (Å²) >= 11 is 0. The largest absolute Gasteiger partial charge is 0.496 e. The molecule has 0 bridgehead atoms. The van der Waals surface area contributed by atoms with E-state index < -0.39 is 11.7 Å². The SMILES string of the molecule is COc1ccccc1C1=NN(C(C)=O)[C@](C)(c2cccc(OC(C)=O)c2)O1. The average Bonchev–Trinajstić information content (AvgIpc) is 3.00. The fourth-order valence-electron chi connectivity index (χ4n) is 2.93. The Bertz CT molecular complexity index is 924. The average molecular weight is 368 g/mol. The molecule has 1 atom stereocenters. The number of ether oxygens (including phenoxy) is 3. The summed E-state index contributed by atoms with van der Waals surface area (Å²) in [6.45, 7) is 4.46. The highest BCUT2D eigenvalue weighted by Gasteiger charge is 2.45. The van der Waals surface area contributed by atoms with Gasteiger partial charge in [0, 0.05) is 26.3 Å². The van der Waals surface area contributed by atoms with Crippen molar-refractivity contribution >= 4 is 17.8 Å². The Balaban J connectivity index is 2.03. The lowest BCUT2D eigenvalue weighted by molar-refractivity contribution is -0.146. The second kappa shape index (κ2) is 7.11. The minimum Gasteiger partial charge on any atom is -0.496 e. The molecule has 2 aromatic carbocycles. The Morgan fingerprint density at radius 3 is 2.52 bits per heavy atom. The summed E-state index contributed by atoms with van der Waals surface area (Å²) in [6.07, 6.45) is 0. The summed E-state index contributed by atoms with van der Waals surface area (Å²) in [5.74, 6) is 0.485. The molecule has 0 saturated carbocycles. The monoisotopic (exact) mass is 368 g/mol. The molecule has 140 valence electrons. The van der Waals surface area contributed by atoms with Crippen LogP contribution in [-0.2, 0) is 20.1 Å². The van der Waals surface area contributed by atoms with E-state index in [1.165, 1.54) is 18.9 Å². The molecule has 1 aliphatic rings. The first kappa shape index (κ1) is 18.4. The lowest BCUT2D eigenvalue weighted by Gasteiger charge is -2.31. The van der Waals surface area contributed by atoms with Crippen LogP contribution in [0.1, 0.15) is 31.9 Å². The molecule has 0 N–H and O–H groups in total. The smallest absolute Gasteiger partial charge is 0.308 e. The van der Waals surface area contributed by atoms with Gasteiger partial charge in [0.1, 0.15) is 11.5 Å². The van der Waals surface area contributed by atoms with Gasteiger partial charge in [-0.3, -0.25) is 9.59 Å². The third-order valence-electron chi connectivity index (χ3n) is 4.16. The lowest BCUT2D eigenvalue weighted by atomic mass is 10.0. The van der Waals surface area contributed by atoms with E-state index in [9.17, 15) is 9.59 Å². The third kappa shape index (κ3) is 3.48. The topological polar surface area (TPSA) is 77.4 Å². The number of carbonyl (C=O) groups excluding carboxylic acids is 2. The van der Waals surface area contributed by atoms with E-state index in [4.69, 9.17) is 14.2 Å². The van der Waals surface area contributed by atoms with Crippen molar-refractivity contribution in [1.82, 2.24) is 5.01 Å². The summed E-state index contributed by atoms with van der Waals surface area (Å²) in [4.78, 5) is 23.5. The minimum absolute atomic E-state index is 0.267. The molecule has 1 amide bonds. The van der Waals surface area contributed by atoms with E-state index in [0.29, 0.717) is 22.6 Å². The molecule has 0 saturated heterocycles. The molecule has 0 fully saturated rings. The number of hydrogen-bond acceptors (Lipinski definition) is 6. The molecule has 27 heavy (non-hydrogen) atoms. The number of para-hydroxylation sites is 1. The van der Waals surface area contributed by atoms with Crippen molar-refractivity contribution in [2.75, 3.05) is 7.11 Å². The zero-order chi connectivity index (χ0) is 19.6. The van der Waals surface area contributed by atoms with Gasteiger partial charge in [0.2, 0.25) is 17.5 Å². The number of nitrogens with zero attached hydrogens (tertiary/aromatic N) is 2. The van der Waals surface area contributed by atoms with E-state index in [1.807, 2.05) is 12.1 Å². The second-order valence-electron chi connectivity index (χ2n) is 6.14. The summed E-state index contributed by atoms with van der Waals surface area (Å²) in [6, 6.07) is 14.1. The first-order chi connectivity index (χ1) is 12.8. The highest BCUT2D eigenvalue weighted by Crippen LogP contribution is 2.38. The Morgan fingerprint density at radius 1 is 1.11 bits per heavy atom. The van der Waals surface area contributed by atoms with Crippen LogP contribution < -0.4 is 9.47 Å². The maximum Gasteiger partial charge on any atom is 0.308 e. The summed E-state index contributed by atoms with van der Waals surface area (Å²) in [7, 11) is 1.55. The van der Waals surface area contributed by atoms with Gasteiger partial charge < -0.3 is 14.2 Å². The molecular formula is C20H20N2O5. The van der Waals surface area contributed by atoms with Crippen molar-refractivity contribution in [3.63, 3.8) is 0 Å². The second-order valence-corrected chi connectivity index (χ2v) is 6.14. The standard InChI is InChI=1S/C20H20N2O5/c1-13(23)22-20(3,15-8-7-9-16(12-15)26-14(2)24)27-19(21-22)17-10-5-6-11-18(17)25-4/h5-12H,1-4H3/t20-/m0/s1. The molecule has 2 aromatic rings. The maximum absolute atomic E-state index is 12.3. The molecule has 3 rings (SSSR count). The van der Waals surface area contributed by atoms with Crippen LogP contribution in [-0.4, -0.2) is 29.9 Å². The van der Waals surface area contributed by atoms with Crippen molar-refractivity contribution in [2.24, 2.45) is 5.10 Å². The van der Waals surface area contributed by atoms with Crippen molar-refractivity contribution in [3.05, 3.63) is 59.7 Å². The number of benzene rings is 2. The lowest BCUT2D eigenvalue weighted by Crippen LogP contribution is -2.41. The van der Waals surface area contributed by atoms with Crippen molar-refractivity contribution in [3.8, 4) is 11.5 Å². The van der Waals surface area contributed by atoms with E-state index in [2.05, 4.69) is 5.10 Å². The molecule has 0 aliphatic carbocycles. The molecule has 1 aliphatic heterocycles. The number of carbonyl (C=O) groups is 2. The first-order valence-corrected chi connectivity index (χ1v) is 8.36. The quantitative estimate of drug-likeness (QED) is 0.612. The number of hydrazone groups is 1. The normalized spacial score (nSPS) is 18.5. The van der Waals surface area contributed by atoms with Crippen LogP contribution in [0.3, 0.4) is 0 Å². The minimum atomic E-state index is -1.20. The fourth-order valence-corrected chi connectivity index (χ4v) is 2.93. The van der Waals surface area contributed by atoms with Gasteiger partial charge in [0.25, 0.3) is 0 Å². The van der Waals surface area contributed by atoms with E-state index in [1.54, 1.807) is 50.4 Å². The Hall–Kier alpha value is -3.35. The van der Waals surface area contributed by atoms with Gasteiger partial charge in [-0.1, -0.05) is 24.3 Å². The van der Waals surface area contributed by atoms with Gasteiger partial charge in [-0.15, -0.1) is 5.10 Å². The zero-order valence-corrected chi connectivity index (χ0v) is 15.6. The molecular weight excluding hydrogens is 348 g/mol. The molecule has 0 radical (unpaired) electrons. The molecule has 0 aromatic heterocycles. The van der Waals surface area contributed by atoms with E-state index >= 15 is 0 Å². The van der Waals surface area contributed by atoms with Gasteiger partial charge in [-0.25, -0.2) is 0 Å². The predicted octanol–water partition coefficient (Wildman–Crippen LogP) is 3.03. The summed E-state index contributed by atoms with van der Waals surface area (Å²) in [5.41, 5.74) is 0.0502. The Morgan fingerprint density at radius 2 is 1.85 bits per heavy atom. The summed E-state index contributed by atoms with van der Waals surface area (Å²) in [5, 5.41) is 5.64. The van der Waals surface area contributed by atoms with Gasteiger partial charge in [-0.2, -0.15) is 5.01 Å². The third-order valence-corrected chi connectivity index (χ3v) is 4.16. The number of esters is 1. The highest BCUT2D eigenvalue weighted by molar-refractivity contribution is 5.99. The number of hydrogen-bond donors (Lipinski definition) is 0. The molecule has 0 unspecified atom stereocenters. The number of methoxy groups -OCH3 is 1. The maximum atomic E-state index is 12.3. The van der Waals surface area contributed by atoms with Crippen LogP contribution in [0.2, 0.25) is 0 Å². The molecule has 1 heterocycles. The number of rotatable bonds is 4. The summed E-state index contributed by atoms with van der Waals surface area (Å²) < 4.78 is 16.6. The van der Waals surface area contributed by atoms with Gasteiger partial charge in [0.15, 0.2) is 0 Å². The zero-order valence-electron chi connectivity index (χ0n) is 15.6. The van der Waals surface area contributed by atoms with Crippen LogP contribution in [0.15, 0.2) is 53.6 Å². The fraction of sp³-hybridized carbons (Fsp3) is 0.250. The first-order valence-electron chi connectivity index (χ1n) is 8.36. The predicted molar refractivity (Wildman–Crippen MR) is 98.2 cm³/mol. The Kier molecular flexibility index (Phi) is 4.85. The van der Waals surface area contributed by atoms with Crippen LogP contribution in [0.5, 0.6) is 11.5 Å². The van der Waals surface area contributed by atoms with Gasteiger partial charge >= 0.3 is 5.97 Å². The highest BCUT2D eigenvalue weighted by atomic mass is 16.6. The van der Waals surface area contributed by atoms with Crippen LogP contribution in [0, 0.1) is 0 Å². The number of amides is 1. The molecule has 7 nitrogen and oxygen atoms in total. The van der Waals surface area contributed by atoms with Crippen LogP contribution in [0.4, 0.5) is 0 Å². The molecule has 7 heteroatoms. The van der Waals surface area contributed by atoms with Crippen molar-refractivity contribution in [1.29, 1.82) is 0 Å². The van der Waals surface area contributed by atoms with E-state index in [-0.39, 0.29) is 11.8 Å². The van der Waals surface area contributed by atoms with Crippen LogP contribution in [0.25, 0.3) is 0 Å². The van der Waals surface area contributed by atoms with Gasteiger partial charge in [0.05, 0.1) is 12.7 Å².